The Balaban J connectivity index is 2.18. The van der Waals surface area contributed by atoms with Gasteiger partial charge in [0.15, 0.2) is 0 Å². The lowest BCUT2D eigenvalue weighted by Gasteiger charge is -2.10. The third-order valence-corrected chi connectivity index (χ3v) is 3.55. The number of rotatable bonds is 1. The molecule has 0 bridgehead atoms. The van der Waals surface area contributed by atoms with Gasteiger partial charge in [0.05, 0.1) is 18.2 Å². The Morgan fingerprint density at radius 2 is 2.13 bits per heavy atom. The van der Waals surface area contributed by atoms with Gasteiger partial charge in [0.2, 0.25) is 5.91 Å². The molecule has 0 saturated heterocycles. The van der Waals surface area contributed by atoms with Crippen molar-refractivity contribution in [2.75, 3.05) is 19.1 Å². The van der Waals surface area contributed by atoms with Crippen molar-refractivity contribution in [1.82, 2.24) is 0 Å². The zero-order chi connectivity index (χ0) is 10.6. The molecule has 1 saturated carbocycles. The highest BCUT2D eigenvalue weighted by molar-refractivity contribution is 6.09. The highest BCUT2D eigenvalue weighted by Gasteiger charge is 2.58. The van der Waals surface area contributed by atoms with Crippen LogP contribution in [0.1, 0.15) is 18.4 Å². The lowest BCUT2D eigenvalue weighted by molar-refractivity contribution is -0.119. The molecule has 1 amide bonds. The van der Waals surface area contributed by atoms with Crippen LogP contribution in [0.15, 0.2) is 18.2 Å². The molecule has 78 valence electrons. The monoisotopic (exact) mass is 203 g/mol. The summed E-state index contributed by atoms with van der Waals surface area (Å²) in [6, 6.07) is 5.91. The van der Waals surface area contributed by atoms with Crippen molar-refractivity contribution < 1.29 is 9.53 Å². The number of benzene rings is 1. The fourth-order valence-corrected chi connectivity index (χ4v) is 2.47. The van der Waals surface area contributed by atoms with Crippen LogP contribution in [0.5, 0.6) is 5.75 Å². The number of hydrogen-bond acceptors (Lipinski definition) is 2. The second-order valence-corrected chi connectivity index (χ2v) is 4.33. The molecule has 1 aliphatic heterocycles. The molecule has 1 aromatic carbocycles. The van der Waals surface area contributed by atoms with E-state index >= 15 is 0 Å². The van der Waals surface area contributed by atoms with E-state index in [2.05, 4.69) is 0 Å². The number of ether oxygens (including phenoxy) is 1. The summed E-state index contributed by atoms with van der Waals surface area (Å²) < 4.78 is 5.17. The fourth-order valence-electron chi connectivity index (χ4n) is 2.47. The molecular formula is C12H13NO2. The molecule has 0 atom stereocenters. The maximum absolute atomic E-state index is 12.0. The highest BCUT2D eigenvalue weighted by Crippen LogP contribution is 2.57. The first-order chi connectivity index (χ1) is 7.19. The Labute approximate surface area is 88.6 Å². The van der Waals surface area contributed by atoms with Gasteiger partial charge in [-0.2, -0.15) is 0 Å². The summed E-state index contributed by atoms with van der Waals surface area (Å²) in [5.41, 5.74) is 2.02. The van der Waals surface area contributed by atoms with Gasteiger partial charge < -0.3 is 9.64 Å². The molecule has 1 heterocycles. The van der Waals surface area contributed by atoms with Crippen LogP contribution in [0.3, 0.4) is 0 Å². The summed E-state index contributed by atoms with van der Waals surface area (Å²) in [5.74, 6) is 1.05. The van der Waals surface area contributed by atoms with Crippen molar-refractivity contribution in [3.63, 3.8) is 0 Å². The van der Waals surface area contributed by atoms with Crippen LogP contribution in [0.25, 0.3) is 0 Å². The minimum Gasteiger partial charge on any atom is -0.497 e. The molecule has 1 aromatic rings. The van der Waals surface area contributed by atoms with E-state index in [0.717, 1.165) is 24.3 Å². The predicted molar refractivity (Wildman–Crippen MR) is 57.3 cm³/mol. The highest BCUT2D eigenvalue weighted by atomic mass is 16.5. The van der Waals surface area contributed by atoms with Crippen molar-refractivity contribution in [1.29, 1.82) is 0 Å². The summed E-state index contributed by atoms with van der Waals surface area (Å²) in [7, 11) is 3.49. The van der Waals surface area contributed by atoms with E-state index in [0.29, 0.717) is 0 Å². The molecule has 2 aliphatic rings. The van der Waals surface area contributed by atoms with Gasteiger partial charge in [-0.3, -0.25) is 4.79 Å². The molecule has 3 rings (SSSR count). The van der Waals surface area contributed by atoms with Crippen molar-refractivity contribution in [3.8, 4) is 5.75 Å². The summed E-state index contributed by atoms with van der Waals surface area (Å²) in [6.45, 7) is 0. The average molecular weight is 203 g/mol. The Bertz CT molecular complexity index is 449. The molecule has 0 radical (unpaired) electrons. The largest absolute Gasteiger partial charge is 0.497 e. The number of carbonyl (C=O) groups excluding carboxylic acids is 1. The first kappa shape index (κ1) is 8.77. The number of fused-ring (bicyclic) bond motifs is 2. The minimum atomic E-state index is -0.170. The third kappa shape index (κ3) is 0.928. The number of anilines is 1. The van der Waals surface area contributed by atoms with Crippen LogP contribution < -0.4 is 9.64 Å². The molecule has 0 N–H and O–H groups in total. The zero-order valence-corrected chi connectivity index (χ0v) is 8.91. The zero-order valence-electron chi connectivity index (χ0n) is 8.91. The number of hydrogen-bond donors (Lipinski definition) is 0. The van der Waals surface area contributed by atoms with Crippen LogP contribution in [0, 0.1) is 0 Å². The minimum absolute atomic E-state index is 0.170. The first-order valence-corrected chi connectivity index (χ1v) is 5.16. The van der Waals surface area contributed by atoms with Crippen molar-refractivity contribution in [2.24, 2.45) is 0 Å². The molecule has 1 fully saturated rings. The fraction of sp³-hybridized carbons (Fsp3) is 0.417. The Morgan fingerprint density at radius 1 is 1.40 bits per heavy atom. The summed E-state index contributed by atoms with van der Waals surface area (Å²) >= 11 is 0. The maximum atomic E-state index is 12.0. The molecule has 3 nitrogen and oxygen atoms in total. The predicted octanol–water partition coefficient (Wildman–Crippen LogP) is 1.70. The summed E-state index contributed by atoms with van der Waals surface area (Å²) in [5, 5.41) is 0. The molecule has 1 aliphatic carbocycles. The maximum Gasteiger partial charge on any atom is 0.237 e. The Hall–Kier alpha value is -1.51. The lowest BCUT2D eigenvalue weighted by atomic mass is 9.98. The van der Waals surface area contributed by atoms with Crippen LogP contribution in [-0.2, 0) is 10.2 Å². The van der Waals surface area contributed by atoms with Gasteiger partial charge in [0.25, 0.3) is 0 Å². The van der Waals surface area contributed by atoms with E-state index in [1.165, 1.54) is 5.56 Å². The summed E-state index contributed by atoms with van der Waals surface area (Å²) in [4.78, 5) is 13.8. The van der Waals surface area contributed by atoms with Gasteiger partial charge in [-0.05, 0) is 24.5 Å². The Kier molecular flexibility index (Phi) is 1.48. The quantitative estimate of drug-likeness (QED) is 0.695. The van der Waals surface area contributed by atoms with Gasteiger partial charge >= 0.3 is 0 Å². The van der Waals surface area contributed by atoms with Crippen LogP contribution in [-0.4, -0.2) is 20.1 Å². The van der Waals surface area contributed by atoms with Crippen molar-refractivity contribution >= 4 is 11.6 Å². The average Bonchev–Trinajstić information content (AvgIpc) is 3.04. The number of nitrogens with zero attached hydrogens (tertiary/aromatic N) is 1. The second-order valence-electron chi connectivity index (χ2n) is 4.33. The van der Waals surface area contributed by atoms with E-state index in [1.807, 2.05) is 25.2 Å². The molecule has 3 heteroatoms. The van der Waals surface area contributed by atoms with Gasteiger partial charge in [-0.1, -0.05) is 6.07 Å². The van der Waals surface area contributed by atoms with Crippen LogP contribution >= 0.6 is 0 Å². The smallest absolute Gasteiger partial charge is 0.237 e. The molecule has 1 spiro atoms. The van der Waals surface area contributed by atoms with Crippen molar-refractivity contribution in [2.45, 2.75) is 18.3 Å². The molecule has 0 aromatic heterocycles. The Morgan fingerprint density at radius 3 is 2.73 bits per heavy atom. The summed E-state index contributed by atoms with van der Waals surface area (Å²) in [6.07, 6.45) is 1.99. The van der Waals surface area contributed by atoms with E-state index in [4.69, 9.17) is 4.74 Å². The van der Waals surface area contributed by atoms with E-state index in [1.54, 1.807) is 12.0 Å². The second kappa shape index (κ2) is 2.54. The van der Waals surface area contributed by atoms with Gasteiger partial charge in [0.1, 0.15) is 5.75 Å². The third-order valence-electron chi connectivity index (χ3n) is 3.55. The topological polar surface area (TPSA) is 29.5 Å². The van der Waals surface area contributed by atoms with Gasteiger partial charge in [-0.25, -0.2) is 0 Å². The molecular weight excluding hydrogens is 190 g/mol. The van der Waals surface area contributed by atoms with E-state index < -0.39 is 0 Å². The number of methoxy groups -OCH3 is 1. The van der Waals surface area contributed by atoms with Crippen LogP contribution in [0.2, 0.25) is 0 Å². The van der Waals surface area contributed by atoms with Gasteiger partial charge in [0, 0.05) is 13.1 Å². The van der Waals surface area contributed by atoms with Gasteiger partial charge in [-0.15, -0.1) is 0 Å². The van der Waals surface area contributed by atoms with Crippen LogP contribution in [0.4, 0.5) is 5.69 Å². The van der Waals surface area contributed by atoms with E-state index in [-0.39, 0.29) is 11.3 Å². The first-order valence-electron chi connectivity index (χ1n) is 5.16. The van der Waals surface area contributed by atoms with Crippen molar-refractivity contribution in [3.05, 3.63) is 23.8 Å². The number of amides is 1. The van der Waals surface area contributed by atoms with E-state index in [9.17, 15) is 4.79 Å². The number of carbonyl (C=O) groups is 1. The standard InChI is InChI=1S/C12H13NO2/c1-13-10-7-8(15-2)3-4-9(10)12(5-6-12)11(13)14/h3-4,7H,5-6H2,1-2H3. The normalized spacial score (nSPS) is 20.7. The molecule has 15 heavy (non-hydrogen) atoms. The number of likely N-dealkylation sites (N-methyl/N-ethyl adjacent to an activating group) is 1. The SMILES string of the molecule is COc1ccc2c(c1)N(C)C(=O)C21CC1. The lowest BCUT2D eigenvalue weighted by Crippen LogP contribution is -2.27. The molecule has 0 unspecified atom stereocenters.